The molecule has 12 nitrogen and oxygen atoms in total. The Labute approximate surface area is 234 Å². The van der Waals surface area contributed by atoms with E-state index < -0.39 is 64.0 Å². The van der Waals surface area contributed by atoms with Crippen molar-refractivity contribution in [3.8, 4) is 16.9 Å². The zero-order valence-electron chi connectivity index (χ0n) is 22.5. The highest BCUT2D eigenvalue weighted by atomic mass is 16.6. The number of hydroxylamine groups is 1. The number of nitrogens with two attached hydrogens (primary N) is 1. The number of aliphatic hydroxyl groups excluding tert-OH is 2. The number of primary amides is 1. The number of rotatable bonds is 5. The predicted molar refractivity (Wildman–Crippen MR) is 144 cm³/mol. The number of aliphatic hydroxyl groups is 3. The predicted octanol–water partition coefficient (Wildman–Crippen LogP) is 1.08. The van der Waals surface area contributed by atoms with Crippen LogP contribution in [0, 0.1) is 11.8 Å². The van der Waals surface area contributed by atoms with E-state index in [0.717, 1.165) is 0 Å². The molecule has 7 N–H and O–H groups in total. The quantitative estimate of drug-likeness (QED) is 0.226. The lowest BCUT2D eigenvalue weighted by molar-refractivity contribution is -0.148. The maximum Gasteiger partial charge on any atom is 0.274 e. The highest BCUT2D eigenvalue weighted by molar-refractivity contribution is 6.25. The number of phenolic OH excluding ortho intramolecular Hbond substituents is 1. The number of carbonyl (C=O) groups excluding carboxylic acids is 4. The van der Waals surface area contributed by atoms with Crippen molar-refractivity contribution in [1.29, 1.82) is 0 Å². The first-order valence-corrected chi connectivity index (χ1v) is 12.8. The number of fused-ring (bicyclic) bond motifs is 3. The van der Waals surface area contributed by atoms with Crippen LogP contribution in [-0.2, 0) is 20.8 Å². The maximum atomic E-state index is 13.9. The molecule has 4 atom stereocenters. The van der Waals surface area contributed by atoms with Gasteiger partial charge >= 0.3 is 0 Å². The second-order valence-electron chi connectivity index (χ2n) is 10.7. The Balaban J connectivity index is 1.68. The summed E-state index contributed by atoms with van der Waals surface area (Å²) >= 11 is 0. The fraction of sp³-hybridized carbons (Fsp3) is 0.310. The first kappa shape index (κ1) is 28.0. The number of ketones is 2. The van der Waals surface area contributed by atoms with Gasteiger partial charge in [-0.3, -0.25) is 28.9 Å². The van der Waals surface area contributed by atoms with Gasteiger partial charge < -0.3 is 26.2 Å². The Hall–Kier alpha value is -4.52. The van der Waals surface area contributed by atoms with Crippen LogP contribution in [0.5, 0.6) is 5.75 Å². The second kappa shape index (κ2) is 9.84. The Bertz CT molecular complexity index is 1590. The fourth-order valence-corrected chi connectivity index (χ4v) is 6.50. The summed E-state index contributed by atoms with van der Waals surface area (Å²) in [5, 5.41) is 44.8. The monoisotopic (exact) mass is 563 g/mol. The summed E-state index contributed by atoms with van der Waals surface area (Å²) in [5.41, 5.74) is 5.55. The number of hydrogen-bond acceptors (Lipinski definition) is 10. The molecule has 3 aliphatic carbocycles. The van der Waals surface area contributed by atoms with Crippen molar-refractivity contribution in [1.82, 2.24) is 10.4 Å². The summed E-state index contributed by atoms with van der Waals surface area (Å²) < 4.78 is 0. The second-order valence-corrected chi connectivity index (χ2v) is 10.7. The van der Waals surface area contributed by atoms with Gasteiger partial charge in [0.25, 0.3) is 11.8 Å². The minimum Gasteiger partial charge on any atom is -0.510 e. The summed E-state index contributed by atoms with van der Waals surface area (Å²) in [6.07, 6.45) is 0.0872. The van der Waals surface area contributed by atoms with Gasteiger partial charge in [-0.05, 0) is 67.7 Å². The maximum absolute atomic E-state index is 13.9. The highest BCUT2D eigenvalue weighted by Crippen LogP contribution is 2.53. The number of Topliss-reactive ketones (excluding diaryl/α,β-unsaturated/α-hetero) is 2. The first-order chi connectivity index (χ1) is 19.3. The van der Waals surface area contributed by atoms with E-state index in [9.17, 15) is 39.6 Å². The van der Waals surface area contributed by atoms with E-state index in [1.54, 1.807) is 44.4 Å². The van der Waals surface area contributed by atoms with Crippen LogP contribution in [0.25, 0.3) is 11.1 Å². The van der Waals surface area contributed by atoms with E-state index in [4.69, 9.17) is 10.6 Å². The summed E-state index contributed by atoms with van der Waals surface area (Å²) in [4.78, 5) is 58.0. The number of benzene rings is 2. The third-order valence-corrected chi connectivity index (χ3v) is 8.24. The Morgan fingerprint density at radius 2 is 1.83 bits per heavy atom. The van der Waals surface area contributed by atoms with Crippen LogP contribution in [0.4, 0.5) is 0 Å². The van der Waals surface area contributed by atoms with Gasteiger partial charge in [-0.15, -0.1) is 0 Å². The molecule has 0 saturated heterocycles. The van der Waals surface area contributed by atoms with Crippen LogP contribution in [0.1, 0.15) is 32.7 Å². The number of amides is 2. The third kappa shape index (κ3) is 4.02. The van der Waals surface area contributed by atoms with Crippen LogP contribution in [-0.4, -0.2) is 81.6 Å². The Kier molecular flexibility index (Phi) is 6.72. The van der Waals surface area contributed by atoms with Gasteiger partial charge in [-0.25, -0.2) is 5.48 Å². The van der Waals surface area contributed by atoms with Gasteiger partial charge in [0.1, 0.15) is 22.8 Å². The molecule has 214 valence electrons. The normalized spacial score (nSPS) is 25.5. The van der Waals surface area contributed by atoms with Crippen LogP contribution >= 0.6 is 0 Å². The van der Waals surface area contributed by atoms with Crippen LogP contribution in [0.3, 0.4) is 0 Å². The molecule has 0 bridgehead atoms. The molecular formula is C29H29N3O9. The van der Waals surface area contributed by atoms with Crippen molar-refractivity contribution in [2.24, 2.45) is 17.6 Å². The molecule has 12 heteroatoms. The van der Waals surface area contributed by atoms with E-state index in [1.165, 1.54) is 18.1 Å². The largest absolute Gasteiger partial charge is 0.510 e. The van der Waals surface area contributed by atoms with E-state index in [1.807, 2.05) is 0 Å². The topological polar surface area (TPSA) is 200 Å². The van der Waals surface area contributed by atoms with Gasteiger partial charge in [-0.2, -0.15) is 0 Å². The summed E-state index contributed by atoms with van der Waals surface area (Å²) in [6.45, 7) is 0. The van der Waals surface area contributed by atoms with Gasteiger partial charge in [0, 0.05) is 17.1 Å². The number of nitrogens with zero attached hydrogens (tertiary/aromatic N) is 1. The average molecular weight is 564 g/mol. The number of likely N-dealkylation sites (N-methyl/N-ethyl adjacent to an activating group) is 1. The smallest absolute Gasteiger partial charge is 0.274 e. The fourth-order valence-electron chi connectivity index (χ4n) is 6.50. The van der Waals surface area contributed by atoms with E-state index in [-0.39, 0.29) is 35.3 Å². The highest BCUT2D eigenvalue weighted by Gasteiger charge is 2.63. The van der Waals surface area contributed by atoms with Crippen molar-refractivity contribution >= 4 is 23.4 Å². The van der Waals surface area contributed by atoms with Gasteiger partial charge in [0.05, 0.1) is 18.7 Å². The summed E-state index contributed by atoms with van der Waals surface area (Å²) in [6, 6.07) is 8.42. The molecule has 2 aromatic carbocycles. The number of aromatic hydroxyl groups is 1. The molecule has 0 aliphatic heterocycles. The molecule has 0 fully saturated rings. The van der Waals surface area contributed by atoms with Crippen molar-refractivity contribution in [2.45, 2.75) is 24.5 Å². The average Bonchev–Trinajstić information content (AvgIpc) is 2.90. The standard InChI is InChI=1S/C29H29N3O9/c1-32(2)22-17-11-14-10-16-15(12-5-4-6-13(9-12)28(39)31-41-3)7-8-18(33)20(16)23(34)19(14)25(36)29(17,40)26(37)21(24(22)35)27(30)38/h4-9,14,17,22,33,35-36,40H,10-11H2,1-3H3,(H2,30,38)(H,31,39)/t14-,17-,22+,29-/m0/s1. The molecular weight excluding hydrogens is 534 g/mol. The van der Waals surface area contributed by atoms with Gasteiger partial charge in [0.15, 0.2) is 11.4 Å². The zero-order valence-corrected chi connectivity index (χ0v) is 22.5. The number of hydrogen-bond donors (Lipinski definition) is 6. The molecule has 0 aromatic heterocycles. The minimum absolute atomic E-state index is 0.0306. The molecule has 0 unspecified atom stereocenters. The zero-order chi connectivity index (χ0) is 30.0. The van der Waals surface area contributed by atoms with E-state index in [2.05, 4.69) is 5.48 Å². The molecule has 0 spiro atoms. The molecule has 0 heterocycles. The summed E-state index contributed by atoms with van der Waals surface area (Å²) in [7, 11) is 4.44. The van der Waals surface area contributed by atoms with E-state index in [0.29, 0.717) is 16.7 Å². The van der Waals surface area contributed by atoms with Crippen molar-refractivity contribution in [3.63, 3.8) is 0 Å². The van der Waals surface area contributed by atoms with E-state index >= 15 is 0 Å². The lowest BCUT2D eigenvalue weighted by Gasteiger charge is -2.50. The molecule has 41 heavy (non-hydrogen) atoms. The summed E-state index contributed by atoms with van der Waals surface area (Å²) in [5.74, 6) is -7.64. The molecule has 2 amide bonds. The SMILES string of the molecule is CONC(=O)c1cccc(-c2ccc(O)c3c2C[C@H]2C[C@H]4[C@@H](N(C)C)C(O)=C(C(N)=O)C(=O)[C@@]4(O)C(O)=C2C3=O)c1. The van der Waals surface area contributed by atoms with Gasteiger partial charge in [0.2, 0.25) is 5.78 Å². The molecule has 0 saturated carbocycles. The Morgan fingerprint density at radius 3 is 2.46 bits per heavy atom. The lowest BCUT2D eigenvalue weighted by Crippen LogP contribution is -2.63. The van der Waals surface area contributed by atoms with Crippen molar-refractivity contribution in [3.05, 3.63) is 75.8 Å². The molecule has 5 rings (SSSR count). The van der Waals surface area contributed by atoms with Crippen molar-refractivity contribution in [2.75, 3.05) is 21.2 Å². The van der Waals surface area contributed by atoms with Crippen molar-refractivity contribution < 1.29 is 44.4 Å². The number of carbonyl (C=O) groups is 4. The van der Waals surface area contributed by atoms with Crippen LogP contribution < -0.4 is 11.2 Å². The number of nitrogens with one attached hydrogen (secondary N) is 1. The molecule has 0 radical (unpaired) electrons. The Morgan fingerprint density at radius 1 is 1.12 bits per heavy atom. The minimum atomic E-state index is -2.71. The lowest BCUT2D eigenvalue weighted by atomic mass is 9.58. The van der Waals surface area contributed by atoms with Crippen LogP contribution in [0.15, 0.2) is 59.1 Å². The number of allylic oxidation sites excluding steroid dienone is 1. The molecule has 2 aromatic rings. The van der Waals surface area contributed by atoms with Crippen LogP contribution in [0.2, 0.25) is 0 Å². The number of phenols is 1. The third-order valence-electron chi connectivity index (χ3n) is 8.24. The van der Waals surface area contributed by atoms with Gasteiger partial charge in [-0.1, -0.05) is 18.2 Å². The first-order valence-electron chi connectivity index (χ1n) is 12.8. The molecule has 3 aliphatic rings.